The largest absolute Gasteiger partial charge is 0.292 e. The molecule has 1 aromatic carbocycles. The first kappa shape index (κ1) is 13.2. The van der Waals surface area contributed by atoms with Gasteiger partial charge in [-0.2, -0.15) is 15.0 Å². The van der Waals surface area contributed by atoms with Crippen LogP contribution >= 0.6 is 0 Å². The number of nitrogens with zero attached hydrogens (tertiary/aromatic N) is 6. The molecule has 0 unspecified atom stereocenters. The number of para-hydroxylation sites is 1. The van der Waals surface area contributed by atoms with Gasteiger partial charge in [-0.25, -0.2) is 9.67 Å². The molecule has 0 amide bonds. The normalized spacial score (nSPS) is 10.7. The van der Waals surface area contributed by atoms with E-state index in [1.807, 2.05) is 37.3 Å². The number of rotatable bonds is 5. The van der Waals surface area contributed by atoms with Gasteiger partial charge in [0.05, 0.1) is 18.3 Å². The van der Waals surface area contributed by atoms with E-state index in [1.165, 1.54) is 17.3 Å². The van der Waals surface area contributed by atoms with Crippen molar-refractivity contribution >= 4 is 5.78 Å². The summed E-state index contributed by atoms with van der Waals surface area (Å²) in [5.74, 6) is 0.511. The number of carbonyl (C=O) groups is 1. The van der Waals surface area contributed by atoms with Crippen LogP contribution in [0.1, 0.15) is 23.2 Å². The molecule has 2 aromatic heterocycles. The van der Waals surface area contributed by atoms with Gasteiger partial charge in [0, 0.05) is 6.54 Å². The lowest BCUT2D eigenvalue weighted by Gasteiger charge is -2.00. The maximum absolute atomic E-state index is 12.2. The molecule has 0 aliphatic rings. The standard InChI is InChI=1S/C14H14N6O/c1-2-19-14(15-10-17-19)8-13(21)12-9-16-20(18-12)11-6-4-3-5-7-11/h3-7,9-10H,2,8H2,1H3. The molecule has 0 radical (unpaired) electrons. The quantitative estimate of drug-likeness (QED) is 0.659. The summed E-state index contributed by atoms with van der Waals surface area (Å²) in [6.07, 6.45) is 3.09. The molecule has 106 valence electrons. The molecule has 7 heteroatoms. The average molecular weight is 282 g/mol. The molecule has 2 heterocycles. The highest BCUT2D eigenvalue weighted by atomic mass is 16.1. The van der Waals surface area contributed by atoms with Crippen LogP contribution in [-0.2, 0) is 13.0 Å². The number of benzene rings is 1. The first-order valence-corrected chi connectivity index (χ1v) is 6.65. The topological polar surface area (TPSA) is 78.5 Å². The van der Waals surface area contributed by atoms with Gasteiger partial charge in [0.1, 0.15) is 17.8 Å². The van der Waals surface area contributed by atoms with Crippen molar-refractivity contribution in [1.29, 1.82) is 0 Å². The zero-order chi connectivity index (χ0) is 14.7. The molecule has 0 fully saturated rings. The van der Waals surface area contributed by atoms with Crippen molar-refractivity contribution in [2.75, 3.05) is 0 Å². The maximum Gasteiger partial charge on any atom is 0.192 e. The van der Waals surface area contributed by atoms with Gasteiger partial charge in [0.25, 0.3) is 0 Å². The number of hydrogen-bond donors (Lipinski definition) is 0. The number of ketones is 1. The van der Waals surface area contributed by atoms with Gasteiger partial charge in [-0.3, -0.25) is 4.79 Å². The summed E-state index contributed by atoms with van der Waals surface area (Å²) in [4.78, 5) is 17.8. The van der Waals surface area contributed by atoms with Crippen molar-refractivity contribution < 1.29 is 4.79 Å². The molecule has 0 N–H and O–H groups in total. The number of Topliss-reactive ketones (excluding diaryl/α,β-unsaturated/α-hetero) is 1. The Hall–Kier alpha value is -2.83. The summed E-state index contributed by atoms with van der Waals surface area (Å²) >= 11 is 0. The Morgan fingerprint density at radius 3 is 2.76 bits per heavy atom. The zero-order valence-electron chi connectivity index (χ0n) is 11.5. The minimum atomic E-state index is -0.125. The van der Waals surface area contributed by atoms with E-state index in [9.17, 15) is 4.79 Å². The molecule has 3 aromatic rings. The van der Waals surface area contributed by atoms with Gasteiger partial charge in [-0.1, -0.05) is 18.2 Å². The molecular formula is C14H14N6O. The second kappa shape index (κ2) is 5.66. The third kappa shape index (κ3) is 2.71. The fourth-order valence-corrected chi connectivity index (χ4v) is 2.00. The molecule has 0 bridgehead atoms. The van der Waals surface area contributed by atoms with Crippen LogP contribution in [0.15, 0.2) is 42.9 Å². The highest BCUT2D eigenvalue weighted by Gasteiger charge is 2.15. The third-order valence-electron chi connectivity index (χ3n) is 3.08. The van der Waals surface area contributed by atoms with Crippen LogP contribution in [0.25, 0.3) is 5.69 Å². The Morgan fingerprint density at radius 2 is 2.00 bits per heavy atom. The van der Waals surface area contributed by atoms with E-state index in [0.29, 0.717) is 18.1 Å². The average Bonchev–Trinajstić information content (AvgIpc) is 3.17. The van der Waals surface area contributed by atoms with E-state index in [4.69, 9.17) is 0 Å². The third-order valence-corrected chi connectivity index (χ3v) is 3.08. The van der Waals surface area contributed by atoms with Gasteiger partial charge >= 0.3 is 0 Å². The van der Waals surface area contributed by atoms with Gasteiger partial charge in [0.2, 0.25) is 0 Å². The lowest BCUT2D eigenvalue weighted by atomic mass is 10.2. The number of hydrogen-bond acceptors (Lipinski definition) is 5. The van der Waals surface area contributed by atoms with Gasteiger partial charge in [0.15, 0.2) is 5.78 Å². The predicted molar refractivity (Wildman–Crippen MR) is 75.1 cm³/mol. The minimum absolute atomic E-state index is 0.125. The Labute approximate surface area is 121 Å². The number of carbonyl (C=O) groups excluding carboxylic acids is 1. The first-order chi connectivity index (χ1) is 10.3. The Bertz CT molecular complexity index is 746. The number of aryl methyl sites for hydroxylation is 1. The van der Waals surface area contributed by atoms with E-state index < -0.39 is 0 Å². The van der Waals surface area contributed by atoms with E-state index in [-0.39, 0.29) is 12.2 Å². The van der Waals surface area contributed by atoms with Gasteiger partial charge < -0.3 is 0 Å². The Morgan fingerprint density at radius 1 is 1.19 bits per heavy atom. The van der Waals surface area contributed by atoms with E-state index in [0.717, 1.165) is 5.69 Å². The van der Waals surface area contributed by atoms with Crippen LogP contribution in [0, 0.1) is 0 Å². The highest BCUT2D eigenvalue weighted by molar-refractivity contribution is 5.95. The van der Waals surface area contributed by atoms with Gasteiger partial charge in [-0.15, -0.1) is 5.10 Å². The smallest absolute Gasteiger partial charge is 0.192 e. The fraction of sp³-hybridized carbons (Fsp3) is 0.214. The molecule has 7 nitrogen and oxygen atoms in total. The summed E-state index contributed by atoms with van der Waals surface area (Å²) < 4.78 is 1.69. The summed E-state index contributed by atoms with van der Waals surface area (Å²) in [6, 6.07) is 9.45. The van der Waals surface area contributed by atoms with Crippen LogP contribution in [0.5, 0.6) is 0 Å². The van der Waals surface area contributed by atoms with E-state index in [1.54, 1.807) is 4.68 Å². The molecule has 0 atom stereocenters. The maximum atomic E-state index is 12.2. The van der Waals surface area contributed by atoms with Crippen LogP contribution in [0.4, 0.5) is 0 Å². The van der Waals surface area contributed by atoms with Crippen molar-refractivity contribution in [2.24, 2.45) is 0 Å². The second-order valence-corrected chi connectivity index (χ2v) is 4.45. The molecule has 0 aliphatic carbocycles. The summed E-state index contributed by atoms with van der Waals surface area (Å²) in [5, 5.41) is 12.4. The van der Waals surface area contributed by atoms with E-state index >= 15 is 0 Å². The molecular weight excluding hydrogens is 268 g/mol. The minimum Gasteiger partial charge on any atom is -0.292 e. The first-order valence-electron chi connectivity index (χ1n) is 6.65. The molecule has 0 saturated heterocycles. The monoisotopic (exact) mass is 282 g/mol. The molecule has 0 spiro atoms. The van der Waals surface area contributed by atoms with Crippen molar-refractivity contribution in [1.82, 2.24) is 29.8 Å². The number of aromatic nitrogens is 6. The Balaban J connectivity index is 1.79. The summed E-state index contributed by atoms with van der Waals surface area (Å²) in [6.45, 7) is 2.63. The molecule has 21 heavy (non-hydrogen) atoms. The van der Waals surface area contributed by atoms with Crippen LogP contribution in [-0.4, -0.2) is 35.5 Å². The van der Waals surface area contributed by atoms with Crippen molar-refractivity contribution in [2.45, 2.75) is 19.9 Å². The van der Waals surface area contributed by atoms with Gasteiger partial charge in [-0.05, 0) is 19.1 Å². The predicted octanol–water partition coefficient (Wildman–Crippen LogP) is 1.30. The summed E-state index contributed by atoms with van der Waals surface area (Å²) in [5.41, 5.74) is 1.14. The summed E-state index contributed by atoms with van der Waals surface area (Å²) in [7, 11) is 0. The lowest BCUT2D eigenvalue weighted by molar-refractivity contribution is 0.0984. The van der Waals surface area contributed by atoms with Crippen molar-refractivity contribution in [3.05, 3.63) is 54.4 Å². The SMILES string of the molecule is CCn1ncnc1CC(=O)c1cnn(-c2ccccc2)n1. The van der Waals surface area contributed by atoms with Crippen LogP contribution in [0.3, 0.4) is 0 Å². The second-order valence-electron chi connectivity index (χ2n) is 4.45. The van der Waals surface area contributed by atoms with E-state index in [2.05, 4.69) is 20.3 Å². The van der Waals surface area contributed by atoms with Crippen LogP contribution < -0.4 is 0 Å². The van der Waals surface area contributed by atoms with Crippen molar-refractivity contribution in [3.8, 4) is 5.69 Å². The highest BCUT2D eigenvalue weighted by Crippen LogP contribution is 2.06. The molecule has 3 rings (SSSR count). The van der Waals surface area contributed by atoms with Crippen molar-refractivity contribution in [3.63, 3.8) is 0 Å². The molecule has 0 saturated carbocycles. The fourth-order valence-electron chi connectivity index (χ4n) is 2.00. The zero-order valence-corrected chi connectivity index (χ0v) is 11.5. The molecule has 0 aliphatic heterocycles. The lowest BCUT2D eigenvalue weighted by Crippen LogP contribution is -2.11. The van der Waals surface area contributed by atoms with Crippen LogP contribution in [0.2, 0.25) is 0 Å². The Kier molecular flexibility index (Phi) is 3.55.